The third kappa shape index (κ3) is 1.46. The van der Waals surface area contributed by atoms with Crippen LogP contribution in [0, 0.1) is 0 Å². The van der Waals surface area contributed by atoms with Gasteiger partial charge in [0.2, 0.25) is 0 Å². The maximum atomic E-state index is 5.53. The third-order valence-electron chi connectivity index (χ3n) is 1.76. The molecule has 0 atom stereocenters. The van der Waals surface area contributed by atoms with Gasteiger partial charge in [0.05, 0.1) is 12.1 Å². The fourth-order valence-corrected chi connectivity index (χ4v) is 1.21. The molecule has 0 bridgehead atoms. The molecule has 0 unspecified atom stereocenters. The minimum absolute atomic E-state index is 0.495. The number of hydrogen-bond donors (Lipinski definition) is 3. The molecule has 4 N–H and O–H groups in total. The number of imidazole rings is 1. The lowest BCUT2D eigenvalue weighted by Crippen LogP contribution is -2.06. The predicted octanol–water partition coefficient (Wildman–Crippen LogP) is 0.259. The van der Waals surface area contributed by atoms with Crippen LogP contribution in [0.15, 0.2) is 12.1 Å². The van der Waals surface area contributed by atoms with Crippen LogP contribution in [0.4, 0.5) is 5.82 Å². The largest absolute Gasteiger partial charge is 0.384 e. The van der Waals surface area contributed by atoms with Gasteiger partial charge in [-0.25, -0.2) is 9.97 Å². The zero-order chi connectivity index (χ0) is 9.26. The number of pyridine rings is 1. The highest BCUT2D eigenvalue weighted by Gasteiger charge is 2.02. The third-order valence-corrected chi connectivity index (χ3v) is 1.76. The standard InChI is InChI=1S/C8H11N5/c1-10-4-7-11-5-2-3-6(9)12-8(5)13-7/h2-3,10H,4H2,1H3,(H3,9,11,12,13). The van der Waals surface area contributed by atoms with Crippen LogP contribution >= 0.6 is 0 Å². The summed E-state index contributed by atoms with van der Waals surface area (Å²) < 4.78 is 0. The van der Waals surface area contributed by atoms with E-state index in [1.165, 1.54) is 0 Å². The first kappa shape index (κ1) is 8.00. The van der Waals surface area contributed by atoms with Gasteiger partial charge >= 0.3 is 0 Å². The molecule has 2 heterocycles. The highest BCUT2D eigenvalue weighted by Crippen LogP contribution is 2.10. The number of anilines is 1. The Bertz CT molecular complexity index is 419. The van der Waals surface area contributed by atoms with Crippen LogP contribution in [-0.4, -0.2) is 22.0 Å². The number of rotatable bonds is 2. The zero-order valence-corrected chi connectivity index (χ0v) is 7.33. The number of nitrogens with two attached hydrogens (primary N) is 1. The number of nitrogens with one attached hydrogen (secondary N) is 2. The molecule has 5 nitrogen and oxygen atoms in total. The summed E-state index contributed by atoms with van der Waals surface area (Å²) in [4.78, 5) is 11.5. The van der Waals surface area contributed by atoms with Crippen LogP contribution in [0.3, 0.4) is 0 Å². The average Bonchev–Trinajstić information content (AvgIpc) is 2.46. The van der Waals surface area contributed by atoms with Gasteiger partial charge in [-0.15, -0.1) is 0 Å². The van der Waals surface area contributed by atoms with Crippen LogP contribution in [0.5, 0.6) is 0 Å². The van der Waals surface area contributed by atoms with Gasteiger partial charge in [0.15, 0.2) is 5.65 Å². The second-order valence-electron chi connectivity index (χ2n) is 2.82. The Morgan fingerprint density at radius 3 is 3.08 bits per heavy atom. The molecule has 13 heavy (non-hydrogen) atoms. The van der Waals surface area contributed by atoms with Crippen LogP contribution in [0.1, 0.15) is 5.82 Å². The average molecular weight is 177 g/mol. The molecule has 0 aliphatic carbocycles. The van der Waals surface area contributed by atoms with Crippen molar-refractivity contribution in [3.05, 3.63) is 18.0 Å². The van der Waals surface area contributed by atoms with Crippen molar-refractivity contribution < 1.29 is 0 Å². The lowest BCUT2D eigenvalue weighted by molar-refractivity contribution is 0.774. The number of nitrogens with zero attached hydrogens (tertiary/aromatic N) is 2. The topological polar surface area (TPSA) is 79.6 Å². The van der Waals surface area contributed by atoms with E-state index in [2.05, 4.69) is 20.3 Å². The summed E-state index contributed by atoms with van der Waals surface area (Å²) in [5.41, 5.74) is 7.11. The monoisotopic (exact) mass is 177 g/mol. The summed E-state index contributed by atoms with van der Waals surface area (Å²) in [6.45, 7) is 0.705. The lowest BCUT2D eigenvalue weighted by atomic mass is 10.4. The maximum absolute atomic E-state index is 5.53. The van der Waals surface area contributed by atoms with Gasteiger partial charge in [0, 0.05) is 0 Å². The van der Waals surface area contributed by atoms with Gasteiger partial charge in [0.25, 0.3) is 0 Å². The molecule has 68 valence electrons. The zero-order valence-electron chi connectivity index (χ0n) is 7.33. The van der Waals surface area contributed by atoms with E-state index in [9.17, 15) is 0 Å². The van der Waals surface area contributed by atoms with Crippen molar-refractivity contribution >= 4 is 17.0 Å². The molecule has 2 rings (SSSR count). The first-order chi connectivity index (χ1) is 6.29. The molecule has 0 aliphatic rings. The van der Waals surface area contributed by atoms with Crippen LogP contribution in [-0.2, 0) is 6.54 Å². The molecule has 2 aromatic rings. The van der Waals surface area contributed by atoms with Crippen molar-refractivity contribution in [1.29, 1.82) is 0 Å². The van der Waals surface area contributed by atoms with Crippen LogP contribution in [0.2, 0.25) is 0 Å². The van der Waals surface area contributed by atoms with E-state index in [1.807, 2.05) is 13.1 Å². The molecule has 0 aliphatic heterocycles. The molecule has 0 aromatic carbocycles. The summed E-state index contributed by atoms with van der Waals surface area (Å²) in [7, 11) is 1.87. The molecule has 0 fully saturated rings. The molecule has 0 spiro atoms. The number of H-pyrrole nitrogens is 1. The Morgan fingerprint density at radius 1 is 1.46 bits per heavy atom. The van der Waals surface area contributed by atoms with E-state index in [1.54, 1.807) is 6.07 Å². The Morgan fingerprint density at radius 2 is 2.31 bits per heavy atom. The molecule has 0 radical (unpaired) electrons. The molecule has 0 amide bonds. The normalized spacial score (nSPS) is 10.8. The molecule has 0 saturated heterocycles. The molecule has 2 aromatic heterocycles. The van der Waals surface area contributed by atoms with Crippen molar-refractivity contribution in [3.63, 3.8) is 0 Å². The lowest BCUT2D eigenvalue weighted by Gasteiger charge is -1.89. The van der Waals surface area contributed by atoms with Crippen molar-refractivity contribution in [2.24, 2.45) is 0 Å². The number of nitrogen functional groups attached to an aromatic ring is 1. The smallest absolute Gasteiger partial charge is 0.179 e. The first-order valence-electron chi connectivity index (χ1n) is 4.05. The molecular formula is C8H11N5. The molecule has 5 heteroatoms. The van der Waals surface area contributed by atoms with E-state index in [0.717, 1.165) is 11.3 Å². The van der Waals surface area contributed by atoms with E-state index < -0.39 is 0 Å². The second-order valence-corrected chi connectivity index (χ2v) is 2.82. The number of hydrogen-bond acceptors (Lipinski definition) is 4. The minimum Gasteiger partial charge on any atom is -0.384 e. The summed E-state index contributed by atoms with van der Waals surface area (Å²) in [5, 5.41) is 3.01. The maximum Gasteiger partial charge on any atom is 0.179 e. The predicted molar refractivity (Wildman–Crippen MR) is 51.1 cm³/mol. The van der Waals surface area contributed by atoms with Gasteiger partial charge in [-0.2, -0.15) is 0 Å². The van der Waals surface area contributed by atoms with Gasteiger partial charge in [-0.1, -0.05) is 0 Å². The highest BCUT2D eigenvalue weighted by molar-refractivity contribution is 5.72. The quantitative estimate of drug-likeness (QED) is 0.614. The Kier molecular flexibility index (Phi) is 1.86. The first-order valence-corrected chi connectivity index (χ1v) is 4.05. The minimum atomic E-state index is 0.495. The Hall–Kier alpha value is -1.62. The number of aromatic amines is 1. The fraction of sp³-hybridized carbons (Fsp3) is 0.250. The van der Waals surface area contributed by atoms with Crippen molar-refractivity contribution in [2.45, 2.75) is 6.54 Å². The number of aromatic nitrogens is 3. The van der Waals surface area contributed by atoms with E-state index in [0.29, 0.717) is 18.0 Å². The summed E-state index contributed by atoms with van der Waals surface area (Å²) in [5.74, 6) is 1.37. The Balaban J connectivity index is 2.49. The van der Waals surface area contributed by atoms with Gasteiger partial charge in [-0.05, 0) is 19.2 Å². The highest BCUT2D eigenvalue weighted by atomic mass is 15.0. The van der Waals surface area contributed by atoms with Crippen LogP contribution in [0.25, 0.3) is 11.2 Å². The molecular weight excluding hydrogens is 166 g/mol. The second kappa shape index (κ2) is 3.02. The summed E-state index contributed by atoms with van der Waals surface area (Å²) >= 11 is 0. The van der Waals surface area contributed by atoms with E-state index >= 15 is 0 Å². The number of fused-ring (bicyclic) bond motifs is 1. The van der Waals surface area contributed by atoms with Crippen LogP contribution < -0.4 is 11.1 Å². The van der Waals surface area contributed by atoms with E-state index in [4.69, 9.17) is 5.73 Å². The molecule has 0 saturated carbocycles. The van der Waals surface area contributed by atoms with Gasteiger partial charge in [-0.3, -0.25) is 0 Å². The summed E-state index contributed by atoms with van der Waals surface area (Å²) in [6, 6.07) is 3.63. The van der Waals surface area contributed by atoms with Crippen molar-refractivity contribution in [1.82, 2.24) is 20.3 Å². The summed E-state index contributed by atoms with van der Waals surface area (Å²) in [6.07, 6.45) is 0. The van der Waals surface area contributed by atoms with E-state index in [-0.39, 0.29) is 0 Å². The van der Waals surface area contributed by atoms with Gasteiger partial charge in [0.1, 0.15) is 11.6 Å². The van der Waals surface area contributed by atoms with Crippen molar-refractivity contribution in [3.8, 4) is 0 Å². The van der Waals surface area contributed by atoms with Crippen molar-refractivity contribution in [2.75, 3.05) is 12.8 Å². The fourth-order valence-electron chi connectivity index (χ4n) is 1.21. The van der Waals surface area contributed by atoms with Gasteiger partial charge < -0.3 is 16.0 Å². The SMILES string of the molecule is CNCc1nc2nc(N)ccc2[nH]1. The Labute approximate surface area is 75.4 Å².